The average molecular weight is 286 g/mol. The van der Waals surface area contributed by atoms with Crippen LogP contribution in [0.4, 0.5) is 4.79 Å². The van der Waals surface area contributed by atoms with Gasteiger partial charge in [0.05, 0.1) is 6.10 Å². The maximum absolute atomic E-state index is 12.5. The van der Waals surface area contributed by atoms with Gasteiger partial charge in [0.25, 0.3) is 0 Å². The van der Waals surface area contributed by atoms with E-state index < -0.39 is 18.1 Å². The normalized spacial score (nSPS) is 26.4. The molecule has 0 bridgehead atoms. The van der Waals surface area contributed by atoms with E-state index in [1.165, 1.54) is 4.90 Å². The van der Waals surface area contributed by atoms with Crippen molar-refractivity contribution >= 4 is 12.0 Å². The first kappa shape index (κ1) is 15.1. The number of aliphatic hydroxyl groups is 2. The van der Waals surface area contributed by atoms with E-state index in [-0.39, 0.29) is 31.6 Å². The lowest BCUT2D eigenvalue weighted by Crippen LogP contribution is -2.53. The minimum absolute atomic E-state index is 0.00147. The number of β-amino-alcohol motifs (C(OH)–C–C–N with tert-alkyl or cyclic N) is 1. The lowest BCUT2D eigenvalue weighted by Gasteiger charge is -2.40. The van der Waals surface area contributed by atoms with E-state index in [0.717, 1.165) is 19.3 Å². The van der Waals surface area contributed by atoms with E-state index in [4.69, 9.17) is 10.2 Å². The van der Waals surface area contributed by atoms with E-state index in [9.17, 15) is 14.7 Å². The number of hydrogen-bond acceptors (Lipinski definition) is 4. The topological polar surface area (TPSA) is 101 Å². The molecule has 1 unspecified atom stereocenters. The van der Waals surface area contributed by atoms with Gasteiger partial charge in [0, 0.05) is 32.2 Å². The third-order valence-corrected chi connectivity index (χ3v) is 4.13. The Balaban J connectivity index is 2.07. The smallest absolute Gasteiger partial charge is 0.326 e. The fourth-order valence-electron chi connectivity index (χ4n) is 2.80. The molecule has 1 saturated heterocycles. The van der Waals surface area contributed by atoms with Crippen molar-refractivity contribution in [2.24, 2.45) is 0 Å². The molecule has 3 N–H and O–H groups in total. The van der Waals surface area contributed by atoms with Gasteiger partial charge in [-0.1, -0.05) is 0 Å². The van der Waals surface area contributed by atoms with Crippen LogP contribution in [0, 0.1) is 0 Å². The molecule has 2 aliphatic rings. The van der Waals surface area contributed by atoms with E-state index in [0.29, 0.717) is 13.0 Å². The standard InChI is InChI=1S/C13H22N2O5/c16-6-2-5-14(9-3-1-4-9)13(20)15-8-10(17)7-11(15)12(18)19/h9-11,16-17H,1-8H2,(H,18,19)/t10?,11-/m0/s1. The summed E-state index contributed by atoms with van der Waals surface area (Å²) >= 11 is 0. The van der Waals surface area contributed by atoms with Crippen LogP contribution in [-0.4, -0.2) is 75.0 Å². The van der Waals surface area contributed by atoms with Crippen LogP contribution in [0.1, 0.15) is 32.1 Å². The largest absolute Gasteiger partial charge is 0.480 e. The van der Waals surface area contributed by atoms with Crippen molar-refractivity contribution in [3.05, 3.63) is 0 Å². The van der Waals surface area contributed by atoms with Crippen molar-refractivity contribution < 1.29 is 24.9 Å². The number of aliphatic carboxylic acids is 1. The lowest BCUT2D eigenvalue weighted by molar-refractivity contribution is -0.141. The van der Waals surface area contributed by atoms with Gasteiger partial charge in [0.1, 0.15) is 6.04 Å². The summed E-state index contributed by atoms with van der Waals surface area (Å²) in [6, 6.07) is -1.14. The Bertz CT molecular complexity index is 372. The Morgan fingerprint density at radius 3 is 2.50 bits per heavy atom. The number of urea groups is 1. The van der Waals surface area contributed by atoms with E-state index in [1.807, 2.05) is 0 Å². The first-order valence-electron chi connectivity index (χ1n) is 7.13. The third kappa shape index (κ3) is 3.04. The highest BCUT2D eigenvalue weighted by atomic mass is 16.4. The molecule has 2 amide bonds. The van der Waals surface area contributed by atoms with Gasteiger partial charge in [-0.05, 0) is 25.7 Å². The van der Waals surface area contributed by atoms with Crippen LogP contribution in [0.3, 0.4) is 0 Å². The number of nitrogens with zero attached hydrogens (tertiary/aromatic N) is 2. The van der Waals surface area contributed by atoms with Crippen LogP contribution in [-0.2, 0) is 4.79 Å². The van der Waals surface area contributed by atoms with Crippen LogP contribution < -0.4 is 0 Å². The highest BCUT2D eigenvalue weighted by Crippen LogP contribution is 2.28. The molecule has 2 atom stereocenters. The first-order valence-corrected chi connectivity index (χ1v) is 7.13. The molecule has 1 heterocycles. The highest BCUT2D eigenvalue weighted by molar-refractivity contribution is 5.83. The fraction of sp³-hybridized carbons (Fsp3) is 0.846. The highest BCUT2D eigenvalue weighted by Gasteiger charge is 2.42. The third-order valence-electron chi connectivity index (χ3n) is 4.13. The summed E-state index contributed by atoms with van der Waals surface area (Å²) in [5.41, 5.74) is 0. The number of hydrogen-bond donors (Lipinski definition) is 3. The SMILES string of the molecule is O=C(O)[C@@H]1CC(O)CN1C(=O)N(CCCO)C1CCC1. The zero-order valence-corrected chi connectivity index (χ0v) is 11.4. The summed E-state index contributed by atoms with van der Waals surface area (Å²) in [7, 11) is 0. The van der Waals surface area contributed by atoms with E-state index >= 15 is 0 Å². The number of carboxylic acids is 1. The molecule has 114 valence electrons. The van der Waals surface area contributed by atoms with Gasteiger partial charge >= 0.3 is 12.0 Å². The second kappa shape index (κ2) is 6.41. The van der Waals surface area contributed by atoms with Crippen molar-refractivity contribution in [3.8, 4) is 0 Å². The van der Waals surface area contributed by atoms with Crippen molar-refractivity contribution in [1.29, 1.82) is 0 Å². The van der Waals surface area contributed by atoms with E-state index in [2.05, 4.69) is 0 Å². The summed E-state index contributed by atoms with van der Waals surface area (Å²) < 4.78 is 0. The van der Waals surface area contributed by atoms with Gasteiger partial charge in [-0.25, -0.2) is 9.59 Å². The van der Waals surface area contributed by atoms with Crippen LogP contribution in [0.15, 0.2) is 0 Å². The zero-order valence-electron chi connectivity index (χ0n) is 11.4. The lowest BCUT2D eigenvalue weighted by atomic mass is 9.91. The summed E-state index contributed by atoms with van der Waals surface area (Å²) in [5.74, 6) is -1.08. The predicted molar refractivity (Wildman–Crippen MR) is 70.2 cm³/mol. The van der Waals surface area contributed by atoms with Gasteiger partial charge in [0.15, 0.2) is 0 Å². The zero-order chi connectivity index (χ0) is 14.7. The Labute approximate surface area is 117 Å². The molecule has 2 fully saturated rings. The molecule has 1 saturated carbocycles. The second-order valence-electron chi connectivity index (χ2n) is 5.53. The molecule has 1 aliphatic carbocycles. The number of rotatable bonds is 5. The summed E-state index contributed by atoms with van der Waals surface area (Å²) in [4.78, 5) is 26.6. The van der Waals surface area contributed by atoms with Gasteiger partial charge in [-0.15, -0.1) is 0 Å². The van der Waals surface area contributed by atoms with Crippen molar-refractivity contribution in [2.45, 2.75) is 50.3 Å². The van der Waals surface area contributed by atoms with Gasteiger partial charge in [-0.3, -0.25) is 0 Å². The van der Waals surface area contributed by atoms with Gasteiger partial charge < -0.3 is 25.1 Å². The van der Waals surface area contributed by atoms with Crippen LogP contribution in [0.2, 0.25) is 0 Å². The maximum atomic E-state index is 12.5. The molecule has 7 heteroatoms. The molecule has 0 aromatic rings. The van der Waals surface area contributed by atoms with Crippen molar-refractivity contribution in [3.63, 3.8) is 0 Å². The van der Waals surface area contributed by atoms with Crippen LogP contribution >= 0.6 is 0 Å². The minimum Gasteiger partial charge on any atom is -0.480 e. The summed E-state index contributed by atoms with van der Waals surface area (Å²) in [6.45, 7) is 0.499. The predicted octanol–water partition coefficient (Wildman–Crippen LogP) is -0.137. The van der Waals surface area contributed by atoms with Crippen molar-refractivity contribution in [2.75, 3.05) is 19.7 Å². The Morgan fingerprint density at radius 1 is 1.30 bits per heavy atom. The van der Waals surface area contributed by atoms with Crippen molar-refractivity contribution in [1.82, 2.24) is 9.80 Å². The molecular formula is C13H22N2O5. The Hall–Kier alpha value is -1.34. The second-order valence-corrected chi connectivity index (χ2v) is 5.53. The monoisotopic (exact) mass is 286 g/mol. The van der Waals surface area contributed by atoms with E-state index in [1.54, 1.807) is 4.90 Å². The molecule has 1 aliphatic heterocycles. The number of amides is 2. The number of carboxylic acid groups (broad SMARTS) is 1. The first-order chi connectivity index (χ1) is 9.54. The summed E-state index contributed by atoms with van der Waals surface area (Å²) in [5, 5.41) is 27.7. The number of likely N-dealkylation sites (tertiary alicyclic amines) is 1. The maximum Gasteiger partial charge on any atom is 0.326 e. The number of aliphatic hydroxyl groups excluding tert-OH is 2. The van der Waals surface area contributed by atoms with Gasteiger partial charge in [-0.2, -0.15) is 0 Å². The number of carbonyl (C=O) groups is 2. The average Bonchev–Trinajstić information content (AvgIpc) is 2.73. The number of carbonyl (C=O) groups excluding carboxylic acids is 1. The molecule has 0 radical (unpaired) electrons. The Morgan fingerprint density at radius 2 is 2.00 bits per heavy atom. The summed E-state index contributed by atoms with van der Waals surface area (Å²) in [6.07, 6.45) is 2.70. The van der Waals surface area contributed by atoms with Gasteiger partial charge in [0.2, 0.25) is 0 Å². The van der Waals surface area contributed by atoms with Crippen LogP contribution in [0.5, 0.6) is 0 Å². The quantitative estimate of drug-likeness (QED) is 0.653. The fourth-order valence-corrected chi connectivity index (χ4v) is 2.80. The minimum atomic E-state index is -1.08. The van der Waals surface area contributed by atoms with Crippen LogP contribution in [0.25, 0.3) is 0 Å². The Kier molecular flexibility index (Phi) is 4.82. The molecule has 0 aromatic carbocycles. The molecule has 20 heavy (non-hydrogen) atoms. The molecule has 0 spiro atoms. The molecule has 7 nitrogen and oxygen atoms in total. The molecule has 2 rings (SSSR count). The molecule has 0 aromatic heterocycles. The molecular weight excluding hydrogens is 264 g/mol.